The van der Waals surface area contributed by atoms with Crippen molar-refractivity contribution in [2.45, 2.75) is 6.42 Å². The molecular formula is C16H19N3O2. The van der Waals surface area contributed by atoms with E-state index in [0.29, 0.717) is 24.2 Å². The molecule has 1 aliphatic rings. The van der Waals surface area contributed by atoms with Crippen molar-refractivity contribution in [2.75, 3.05) is 33.2 Å². The van der Waals surface area contributed by atoms with Crippen LogP contribution >= 0.6 is 0 Å². The fourth-order valence-corrected chi connectivity index (χ4v) is 2.26. The van der Waals surface area contributed by atoms with Crippen molar-refractivity contribution < 1.29 is 9.59 Å². The molecule has 5 heteroatoms. The smallest absolute Gasteiger partial charge is 0.255 e. The monoisotopic (exact) mass is 285 g/mol. The largest absolute Gasteiger partial charge is 0.344 e. The van der Waals surface area contributed by atoms with Crippen molar-refractivity contribution in [1.82, 2.24) is 9.80 Å². The lowest BCUT2D eigenvalue weighted by atomic mass is 10.1. The lowest BCUT2D eigenvalue weighted by Gasteiger charge is -2.20. The van der Waals surface area contributed by atoms with Crippen LogP contribution < -0.4 is 5.73 Å². The van der Waals surface area contributed by atoms with Crippen LogP contribution in [0.4, 0.5) is 0 Å². The van der Waals surface area contributed by atoms with Crippen molar-refractivity contribution >= 4 is 11.8 Å². The van der Waals surface area contributed by atoms with Crippen molar-refractivity contribution in [1.29, 1.82) is 0 Å². The molecule has 1 saturated heterocycles. The molecule has 0 unspecified atom stereocenters. The number of nitrogens with zero attached hydrogens (tertiary/aromatic N) is 2. The number of likely N-dealkylation sites (N-methyl/N-ethyl adjacent to an activating group) is 1. The molecule has 0 aromatic heterocycles. The highest BCUT2D eigenvalue weighted by Gasteiger charge is 2.24. The van der Waals surface area contributed by atoms with E-state index in [2.05, 4.69) is 11.8 Å². The first-order chi connectivity index (χ1) is 10.1. The van der Waals surface area contributed by atoms with E-state index in [1.807, 2.05) is 6.07 Å². The molecule has 0 saturated carbocycles. The number of amides is 2. The molecule has 21 heavy (non-hydrogen) atoms. The molecule has 0 spiro atoms. The Kier molecular flexibility index (Phi) is 4.96. The van der Waals surface area contributed by atoms with Crippen molar-refractivity contribution in [3.63, 3.8) is 0 Å². The van der Waals surface area contributed by atoms with Gasteiger partial charge in [-0.1, -0.05) is 24.0 Å². The van der Waals surface area contributed by atoms with Gasteiger partial charge in [0.15, 0.2) is 0 Å². The van der Waals surface area contributed by atoms with Crippen LogP contribution in [-0.4, -0.2) is 54.8 Å². The Balaban J connectivity index is 2.25. The quantitative estimate of drug-likeness (QED) is 0.755. The highest BCUT2D eigenvalue weighted by molar-refractivity contribution is 5.98. The van der Waals surface area contributed by atoms with Crippen LogP contribution in [0.2, 0.25) is 0 Å². The first-order valence-electron chi connectivity index (χ1n) is 6.94. The van der Waals surface area contributed by atoms with Crippen molar-refractivity contribution in [2.24, 2.45) is 5.73 Å². The van der Waals surface area contributed by atoms with Gasteiger partial charge in [0, 0.05) is 25.7 Å². The summed E-state index contributed by atoms with van der Waals surface area (Å²) < 4.78 is 0. The van der Waals surface area contributed by atoms with E-state index >= 15 is 0 Å². The lowest BCUT2D eigenvalue weighted by molar-refractivity contribution is -0.129. The molecular weight excluding hydrogens is 266 g/mol. The van der Waals surface area contributed by atoms with Crippen molar-refractivity contribution in [3.05, 3.63) is 35.4 Å². The Hall–Kier alpha value is -2.32. The Bertz CT molecular complexity index is 601. The molecule has 0 bridgehead atoms. The molecule has 0 aliphatic carbocycles. The molecule has 0 radical (unpaired) electrons. The minimum atomic E-state index is -0.152. The predicted octanol–water partition coefficient (Wildman–Crippen LogP) is 0.301. The number of nitrogens with two attached hydrogens (primary N) is 1. The standard InChI is InChI=1S/C16H19N3O2/c1-18-10-5-11-19(12-15(18)20)16(21)14-8-3-2-6-13(14)7-4-9-17/h2-3,6,8H,5,9-12,17H2,1H3. The second-order valence-electron chi connectivity index (χ2n) is 4.95. The number of hydrogen-bond donors (Lipinski definition) is 1. The van der Waals surface area contributed by atoms with E-state index in [0.717, 1.165) is 6.42 Å². The first kappa shape index (κ1) is 15.1. The van der Waals surface area contributed by atoms with Gasteiger partial charge in [-0.25, -0.2) is 0 Å². The van der Waals surface area contributed by atoms with Crippen LogP contribution in [0.25, 0.3) is 0 Å². The fourth-order valence-electron chi connectivity index (χ4n) is 2.26. The van der Waals surface area contributed by atoms with Crippen LogP contribution in [0.5, 0.6) is 0 Å². The summed E-state index contributed by atoms with van der Waals surface area (Å²) in [6, 6.07) is 7.16. The van der Waals surface area contributed by atoms with Gasteiger partial charge < -0.3 is 15.5 Å². The zero-order valence-electron chi connectivity index (χ0n) is 12.1. The molecule has 1 aromatic carbocycles. The third-order valence-electron chi connectivity index (χ3n) is 3.44. The van der Waals surface area contributed by atoms with Gasteiger partial charge >= 0.3 is 0 Å². The number of benzene rings is 1. The number of carbonyl (C=O) groups excluding carboxylic acids is 2. The molecule has 1 heterocycles. The van der Waals surface area contributed by atoms with Gasteiger partial charge in [0.05, 0.1) is 12.1 Å². The Morgan fingerprint density at radius 1 is 1.33 bits per heavy atom. The maximum absolute atomic E-state index is 12.6. The van der Waals surface area contributed by atoms with Gasteiger partial charge in [0.25, 0.3) is 5.91 Å². The third kappa shape index (κ3) is 3.61. The summed E-state index contributed by atoms with van der Waals surface area (Å²) in [5.41, 5.74) is 6.56. The van der Waals surface area contributed by atoms with Crippen LogP contribution in [0.3, 0.4) is 0 Å². The molecule has 2 amide bonds. The summed E-state index contributed by atoms with van der Waals surface area (Å²) in [6.45, 7) is 1.62. The SMILES string of the molecule is CN1CCCN(C(=O)c2ccccc2C#CCN)CC1=O. The van der Waals surface area contributed by atoms with Crippen LogP contribution in [0.15, 0.2) is 24.3 Å². The Morgan fingerprint density at radius 2 is 2.10 bits per heavy atom. The normalized spacial score (nSPS) is 15.2. The van der Waals surface area contributed by atoms with Gasteiger partial charge in [-0.3, -0.25) is 9.59 Å². The summed E-state index contributed by atoms with van der Waals surface area (Å²) in [7, 11) is 1.76. The van der Waals surface area contributed by atoms with Gasteiger partial charge in [0.1, 0.15) is 6.54 Å². The number of hydrogen-bond acceptors (Lipinski definition) is 3. The van der Waals surface area contributed by atoms with Crippen LogP contribution in [0.1, 0.15) is 22.3 Å². The van der Waals surface area contributed by atoms with Gasteiger partial charge in [-0.15, -0.1) is 0 Å². The van der Waals surface area contributed by atoms with E-state index < -0.39 is 0 Å². The molecule has 2 rings (SSSR count). The maximum Gasteiger partial charge on any atom is 0.255 e. The highest BCUT2D eigenvalue weighted by atomic mass is 16.2. The zero-order valence-corrected chi connectivity index (χ0v) is 12.1. The molecule has 1 aliphatic heterocycles. The minimum Gasteiger partial charge on any atom is -0.344 e. The summed E-state index contributed by atoms with van der Waals surface area (Å²) >= 11 is 0. The number of carbonyl (C=O) groups is 2. The molecule has 1 aromatic rings. The molecule has 0 atom stereocenters. The minimum absolute atomic E-state index is 0.0358. The summed E-state index contributed by atoms with van der Waals surface area (Å²) in [6.07, 6.45) is 0.782. The van der Waals surface area contributed by atoms with E-state index in [4.69, 9.17) is 5.73 Å². The Morgan fingerprint density at radius 3 is 2.86 bits per heavy atom. The van der Waals surface area contributed by atoms with Gasteiger partial charge in [-0.05, 0) is 18.6 Å². The van der Waals surface area contributed by atoms with Crippen LogP contribution in [0, 0.1) is 11.8 Å². The van der Waals surface area contributed by atoms with Crippen LogP contribution in [-0.2, 0) is 4.79 Å². The van der Waals surface area contributed by atoms with E-state index in [1.165, 1.54) is 0 Å². The molecule has 1 fully saturated rings. The number of rotatable bonds is 1. The van der Waals surface area contributed by atoms with E-state index in [-0.39, 0.29) is 24.9 Å². The topological polar surface area (TPSA) is 66.6 Å². The molecule has 110 valence electrons. The summed E-state index contributed by atoms with van der Waals surface area (Å²) in [4.78, 5) is 27.8. The van der Waals surface area contributed by atoms with Gasteiger partial charge in [-0.2, -0.15) is 0 Å². The Labute approximate surface area is 124 Å². The maximum atomic E-state index is 12.6. The fraction of sp³-hybridized carbons (Fsp3) is 0.375. The highest BCUT2D eigenvalue weighted by Crippen LogP contribution is 2.13. The lowest BCUT2D eigenvalue weighted by Crippen LogP contribution is -2.38. The third-order valence-corrected chi connectivity index (χ3v) is 3.44. The average Bonchev–Trinajstić information content (AvgIpc) is 2.67. The second kappa shape index (κ2) is 6.91. The second-order valence-corrected chi connectivity index (χ2v) is 4.95. The molecule has 5 nitrogen and oxygen atoms in total. The predicted molar refractivity (Wildman–Crippen MR) is 80.5 cm³/mol. The molecule has 2 N–H and O–H groups in total. The zero-order chi connectivity index (χ0) is 15.2. The summed E-state index contributed by atoms with van der Waals surface area (Å²) in [5.74, 6) is 5.49. The first-order valence-corrected chi connectivity index (χ1v) is 6.94. The average molecular weight is 285 g/mol. The van der Waals surface area contributed by atoms with Gasteiger partial charge in [0.2, 0.25) is 5.91 Å². The van der Waals surface area contributed by atoms with Crippen molar-refractivity contribution in [3.8, 4) is 11.8 Å². The van der Waals surface area contributed by atoms with E-state index in [9.17, 15) is 9.59 Å². The van der Waals surface area contributed by atoms with E-state index in [1.54, 1.807) is 35.0 Å². The summed E-state index contributed by atoms with van der Waals surface area (Å²) in [5, 5.41) is 0.